The second kappa shape index (κ2) is 6.00. The van der Waals surface area contributed by atoms with Gasteiger partial charge in [0, 0.05) is 0 Å². The van der Waals surface area contributed by atoms with E-state index in [1.54, 1.807) is 0 Å². The molecule has 0 bridgehead atoms. The highest BCUT2D eigenvalue weighted by Gasteiger charge is 2.35. The molecule has 1 aliphatic rings. The maximum atomic E-state index is 9.75. The Morgan fingerprint density at radius 3 is 2.15 bits per heavy atom. The van der Waals surface area contributed by atoms with Crippen molar-refractivity contribution in [1.29, 1.82) is 5.26 Å². The van der Waals surface area contributed by atoms with E-state index < -0.39 is 0 Å². The van der Waals surface area contributed by atoms with E-state index in [0.717, 1.165) is 25.2 Å². The minimum atomic E-state index is -0.115. The SMILES string of the molecule is CCC1CCC(C#N)(Cc2c(C)cc(C)cc2C)CC1. The fraction of sp³-hybridized carbons (Fsp3) is 0.632. The molecule has 1 saturated carbocycles. The molecular weight excluding hydrogens is 242 g/mol. The van der Waals surface area contributed by atoms with Crippen molar-refractivity contribution in [2.75, 3.05) is 0 Å². The summed E-state index contributed by atoms with van der Waals surface area (Å²) in [7, 11) is 0. The fourth-order valence-electron chi connectivity index (χ4n) is 3.79. The van der Waals surface area contributed by atoms with Gasteiger partial charge in [0.2, 0.25) is 0 Å². The number of nitriles is 1. The van der Waals surface area contributed by atoms with E-state index in [2.05, 4.69) is 45.9 Å². The molecule has 0 aliphatic heterocycles. The van der Waals surface area contributed by atoms with Crippen molar-refractivity contribution >= 4 is 0 Å². The first kappa shape index (κ1) is 15.1. The third-order valence-corrected chi connectivity index (χ3v) is 5.23. The van der Waals surface area contributed by atoms with E-state index in [1.807, 2.05) is 0 Å². The number of rotatable bonds is 3. The Kier molecular flexibility index (Phi) is 4.53. The third kappa shape index (κ3) is 3.06. The minimum Gasteiger partial charge on any atom is -0.198 e. The quantitative estimate of drug-likeness (QED) is 0.733. The van der Waals surface area contributed by atoms with Crippen LogP contribution >= 0.6 is 0 Å². The summed E-state index contributed by atoms with van der Waals surface area (Å²) in [6.45, 7) is 8.81. The van der Waals surface area contributed by atoms with E-state index in [9.17, 15) is 5.26 Å². The van der Waals surface area contributed by atoms with Crippen molar-refractivity contribution in [2.45, 2.75) is 66.2 Å². The van der Waals surface area contributed by atoms with Gasteiger partial charge in [0.15, 0.2) is 0 Å². The van der Waals surface area contributed by atoms with Gasteiger partial charge in [0.25, 0.3) is 0 Å². The fourth-order valence-corrected chi connectivity index (χ4v) is 3.79. The zero-order chi connectivity index (χ0) is 14.8. The molecule has 0 N–H and O–H groups in total. The molecule has 0 heterocycles. The molecule has 0 amide bonds. The molecule has 1 fully saturated rings. The lowest BCUT2D eigenvalue weighted by molar-refractivity contribution is 0.205. The van der Waals surface area contributed by atoms with Crippen molar-refractivity contribution in [1.82, 2.24) is 0 Å². The second-order valence-electron chi connectivity index (χ2n) is 6.80. The highest BCUT2D eigenvalue weighted by Crippen LogP contribution is 2.42. The summed E-state index contributed by atoms with van der Waals surface area (Å²) in [5.74, 6) is 0.844. The average Bonchev–Trinajstić information content (AvgIpc) is 2.43. The normalized spacial score (nSPS) is 26.2. The first-order valence-electron chi connectivity index (χ1n) is 7.97. The van der Waals surface area contributed by atoms with Gasteiger partial charge in [-0.1, -0.05) is 31.0 Å². The van der Waals surface area contributed by atoms with Crippen LogP contribution in [0.1, 0.15) is 61.3 Å². The summed E-state index contributed by atoms with van der Waals surface area (Å²) < 4.78 is 0. The smallest absolute Gasteiger partial charge is 0.0693 e. The molecule has 1 aromatic carbocycles. The topological polar surface area (TPSA) is 23.8 Å². The Bertz CT molecular complexity index is 490. The molecule has 0 saturated heterocycles. The number of hydrogen-bond acceptors (Lipinski definition) is 1. The predicted molar refractivity (Wildman–Crippen MR) is 84.7 cm³/mol. The van der Waals surface area contributed by atoms with Gasteiger partial charge in [-0.25, -0.2) is 0 Å². The number of hydrogen-bond donors (Lipinski definition) is 0. The Hall–Kier alpha value is -1.29. The van der Waals surface area contributed by atoms with Crippen LogP contribution in [0.15, 0.2) is 12.1 Å². The first-order valence-corrected chi connectivity index (χ1v) is 7.97. The van der Waals surface area contributed by atoms with Crippen LogP contribution in [0, 0.1) is 43.4 Å². The summed E-state index contributed by atoms with van der Waals surface area (Å²) >= 11 is 0. The van der Waals surface area contributed by atoms with Crippen LogP contribution in [0.3, 0.4) is 0 Å². The van der Waals surface area contributed by atoms with Crippen LogP contribution in [-0.4, -0.2) is 0 Å². The number of nitrogens with zero attached hydrogens (tertiary/aromatic N) is 1. The molecule has 20 heavy (non-hydrogen) atoms. The van der Waals surface area contributed by atoms with Gasteiger partial charge >= 0.3 is 0 Å². The van der Waals surface area contributed by atoms with Gasteiger partial charge in [0.05, 0.1) is 11.5 Å². The van der Waals surface area contributed by atoms with Crippen LogP contribution in [0.25, 0.3) is 0 Å². The number of aryl methyl sites for hydroxylation is 3. The Morgan fingerprint density at radius 1 is 1.15 bits per heavy atom. The van der Waals surface area contributed by atoms with Gasteiger partial charge in [-0.15, -0.1) is 0 Å². The van der Waals surface area contributed by atoms with Crippen LogP contribution < -0.4 is 0 Å². The van der Waals surface area contributed by atoms with Crippen molar-refractivity contribution in [2.24, 2.45) is 11.3 Å². The van der Waals surface area contributed by atoms with Crippen molar-refractivity contribution < 1.29 is 0 Å². The van der Waals surface area contributed by atoms with E-state index in [-0.39, 0.29) is 5.41 Å². The highest BCUT2D eigenvalue weighted by molar-refractivity contribution is 5.39. The minimum absolute atomic E-state index is 0.115. The highest BCUT2D eigenvalue weighted by atomic mass is 14.4. The Balaban J connectivity index is 2.22. The number of benzene rings is 1. The molecule has 0 atom stereocenters. The summed E-state index contributed by atoms with van der Waals surface area (Å²) in [6.07, 6.45) is 6.83. The van der Waals surface area contributed by atoms with Crippen molar-refractivity contribution in [3.63, 3.8) is 0 Å². The van der Waals surface area contributed by atoms with Crippen LogP contribution in [0.5, 0.6) is 0 Å². The Labute approximate surface area is 124 Å². The predicted octanol–water partition coefficient (Wildman–Crippen LogP) is 5.26. The molecule has 1 nitrogen and oxygen atoms in total. The molecule has 0 aromatic heterocycles. The molecule has 0 unspecified atom stereocenters. The van der Waals surface area contributed by atoms with E-state index in [0.29, 0.717) is 0 Å². The van der Waals surface area contributed by atoms with E-state index in [4.69, 9.17) is 0 Å². The molecule has 1 heteroatoms. The zero-order valence-corrected chi connectivity index (χ0v) is 13.4. The van der Waals surface area contributed by atoms with Gasteiger partial charge in [0.1, 0.15) is 0 Å². The molecule has 1 aliphatic carbocycles. The van der Waals surface area contributed by atoms with Crippen LogP contribution in [-0.2, 0) is 6.42 Å². The molecule has 0 radical (unpaired) electrons. The van der Waals surface area contributed by atoms with Gasteiger partial charge in [-0.3, -0.25) is 0 Å². The summed E-state index contributed by atoms with van der Waals surface area (Å²) in [5, 5.41) is 9.75. The largest absolute Gasteiger partial charge is 0.198 e. The Morgan fingerprint density at radius 2 is 1.70 bits per heavy atom. The summed E-state index contributed by atoms with van der Waals surface area (Å²) in [5.41, 5.74) is 5.33. The molecule has 2 rings (SSSR count). The second-order valence-corrected chi connectivity index (χ2v) is 6.80. The van der Waals surface area contributed by atoms with Crippen molar-refractivity contribution in [3.05, 3.63) is 34.4 Å². The van der Waals surface area contributed by atoms with E-state index in [1.165, 1.54) is 41.5 Å². The van der Waals surface area contributed by atoms with Crippen LogP contribution in [0.4, 0.5) is 0 Å². The lowest BCUT2D eigenvalue weighted by atomic mass is 9.67. The monoisotopic (exact) mass is 269 g/mol. The van der Waals surface area contributed by atoms with Gasteiger partial charge in [-0.2, -0.15) is 5.26 Å². The molecule has 108 valence electrons. The third-order valence-electron chi connectivity index (χ3n) is 5.23. The lowest BCUT2D eigenvalue weighted by Gasteiger charge is -2.35. The zero-order valence-electron chi connectivity index (χ0n) is 13.4. The van der Waals surface area contributed by atoms with Crippen molar-refractivity contribution in [3.8, 4) is 6.07 Å². The average molecular weight is 269 g/mol. The molecular formula is C19H27N. The van der Waals surface area contributed by atoms with E-state index >= 15 is 0 Å². The standard InChI is InChI=1S/C19H27N/c1-5-17-6-8-19(13-20,9-7-17)12-18-15(3)10-14(2)11-16(18)4/h10-11,17H,5-9,12H2,1-4H3. The molecule has 0 spiro atoms. The summed E-state index contributed by atoms with van der Waals surface area (Å²) in [6, 6.07) is 7.19. The maximum Gasteiger partial charge on any atom is 0.0693 e. The first-order chi connectivity index (χ1) is 9.49. The van der Waals surface area contributed by atoms with Gasteiger partial charge < -0.3 is 0 Å². The lowest BCUT2D eigenvalue weighted by Crippen LogP contribution is -2.28. The summed E-state index contributed by atoms with van der Waals surface area (Å²) in [4.78, 5) is 0. The maximum absolute atomic E-state index is 9.75. The van der Waals surface area contributed by atoms with Crippen LogP contribution in [0.2, 0.25) is 0 Å². The molecule has 1 aromatic rings. The van der Waals surface area contributed by atoms with Gasteiger partial charge in [-0.05, 0) is 75.5 Å².